The minimum atomic E-state index is -3.05. The fraction of sp³-hybridized carbons (Fsp3) is 1.00. The van der Waals surface area contributed by atoms with Gasteiger partial charge in [-0.05, 0) is 0 Å². The van der Waals surface area contributed by atoms with E-state index in [0.29, 0.717) is 6.16 Å². The molecule has 3 nitrogen and oxygen atoms in total. The Morgan fingerprint density at radius 2 is 1.88 bits per heavy atom. The zero-order valence-corrected chi connectivity index (χ0v) is 6.35. The Morgan fingerprint density at radius 3 is 1.88 bits per heavy atom. The third-order valence-electron chi connectivity index (χ3n) is 1.16. The van der Waals surface area contributed by atoms with Crippen LogP contribution in [0.5, 0.6) is 0 Å². The van der Waals surface area contributed by atoms with Crippen molar-refractivity contribution in [1.29, 1.82) is 0 Å². The molecule has 0 aliphatic rings. The van der Waals surface area contributed by atoms with Crippen molar-refractivity contribution >= 4 is 7.06 Å². The molecule has 0 aromatic carbocycles. The van der Waals surface area contributed by atoms with Crippen LogP contribution in [0.1, 0.15) is 6.92 Å². The van der Waals surface area contributed by atoms with Crippen LogP contribution >= 0.6 is 7.06 Å². The summed E-state index contributed by atoms with van der Waals surface area (Å²) in [6.07, 6.45) is 0.474. The van der Waals surface area contributed by atoms with E-state index in [1.54, 1.807) is 6.92 Å². The van der Waals surface area contributed by atoms with Crippen molar-refractivity contribution in [2.45, 2.75) is 6.92 Å². The Balaban J connectivity index is 3.99. The summed E-state index contributed by atoms with van der Waals surface area (Å²) in [7, 11) is -3.05. The van der Waals surface area contributed by atoms with Gasteiger partial charge in [-0.15, -0.1) is 0 Å². The molecule has 0 fully saturated rings. The molecule has 0 bridgehead atoms. The molecule has 0 atom stereocenters. The maximum absolute atomic E-state index is 9.26. The van der Waals surface area contributed by atoms with E-state index in [1.807, 2.05) is 0 Å². The van der Waals surface area contributed by atoms with Gasteiger partial charge in [-0.25, -0.2) is 0 Å². The Kier molecular flexibility index (Phi) is 2.00. The second-order valence-electron chi connectivity index (χ2n) is 2.59. The Morgan fingerprint density at radius 1 is 1.50 bits per heavy atom. The second kappa shape index (κ2) is 1.92. The van der Waals surface area contributed by atoms with Crippen molar-refractivity contribution in [3.63, 3.8) is 0 Å². The molecule has 0 amide bonds. The van der Waals surface area contributed by atoms with Crippen molar-refractivity contribution in [1.82, 2.24) is 0 Å². The average Bonchev–Trinajstić information content (AvgIpc) is 1.68. The summed E-state index contributed by atoms with van der Waals surface area (Å²) in [5.41, 5.74) is 0. The summed E-state index contributed by atoms with van der Waals surface area (Å²) in [5.74, 6) is 0. The van der Waals surface area contributed by atoms with E-state index < -0.39 is 7.06 Å². The third-order valence-corrected chi connectivity index (χ3v) is 3.48. The second-order valence-corrected chi connectivity index (χ2v) is 7.78. The summed E-state index contributed by atoms with van der Waals surface area (Å²) in [5, 5.41) is 8.16. The van der Waals surface area contributed by atoms with Crippen LogP contribution in [0.3, 0.4) is 0 Å². The molecule has 0 aliphatic carbocycles. The molecule has 0 heterocycles. The van der Waals surface area contributed by atoms with Gasteiger partial charge in [0.1, 0.15) is 0 Å². The van der Waals surface area contributed by atoms with Crippen molar-refractivity contribution in [2.75, 3.05) is 19.5 Å². The van der Waals surface area contributed by atoms with Gasteiger partial charge >= 0.3 is 48.3 Å². The van der Waals surface area contributed by atoms with Gasteiger partial charge in [-0.3, -0.25) is 0 Å². The Hall–Kier alpha value is 0.310. The molecular weight excluding hydrogens is 127 g/mol. The molecule has 2 N–H and O–H groups in total. The standard InChI is InChI=1S/C4H13O3P/c1-4-8(2,3,6)7-5/h5-6H,4H2,1-3H3. The minimum absolute atomic E-state index is 0.474. The van der Waals surface area contributed by atoms with Crippen molar-refractivity contribution in [2.24, 2.45) is 0 Å². The van der Waals surface area contributed by atoms with E-state index >= 15 is 0 Å². The van der Waals surface area contributed by atoms with Crippen LogP contribution in [0.2, 0.25) is 0 Å². The molecule has 0 spiro atoms. The summed E-state index contributed by atoms with van der Waals surface area (Å²) >= 11 is 0. The van der Waals surface area contributed by atoms with Crippen LogP contribution in [-0.4, -0.2) is 29.6 Å². The number of rotatable bonds is 2. The van der Waals surface area contributed by atoms with Gasteiger partial charge in [0.25, 0.3) is 0 Å². The molecule has 0 aliphatic heterocycles. The molecule has 8 heavy (non-hydrogen) atoms. The molecule has 0 saturated heterocycles. The molecule has 0 aromatic rings. The van der Waals surface area contributed by atoms with Gasteiger partial charge in [0.05, 0.1) is 0 Å². The summed E-state index contributed by atoms with van der Waals surface area (Å²) in [6.45, 7) is 4.84. The molecule has 0 aromatic heterocycles. The molecule has 52 valence electrons. The summed E-state index contributed by atoms with van der Waals surface area (Å²) in [4.78, 5) is 9.26. The predicted octanol–water partition coefficient (Wildman–Crippen LogP) is 1.13. The van der Waals surface area contributed by atoms with Gasteiger partial charge in [0.15, 0.2) is 0 Å². The van der Waals surface area contributed by atoms with Gasteiger partial charge in [0, 0.05) is 0 Å². The van der Waals surface area contributed by atoms with Gasteiger partial charge in [0.2, 0.25) is 0 Å². The summed E-state index contributed by atoms with van der Waals surface area (Å²) in [6, 6.07) is 0. The fourth-order valence-electron chi connectivity index (χ4n) is 0.0577. The van der Waals surface area contributed by atoms with Crippen molar-refractivity contribution < 1.29 is 14.8 Å². The first kappa shape index (κ1) is 8.31. The van der Waals surface area contributed by atoms with Crippen LogP contribution in [0.15, 0.2) is 0 Å². The van der Waals surface area contributed by atoms with Crippen molar-refractivity contribution in [3.8, 4) is 0 Å². The van der Waals surface area contributed by atoms with Crippen LogP contribution in [0, 0.1) is 0 Å². The normalized spacial score (nSPS) is 17.4. The first-order chi connectivity index (χ1) is 3.39. The van der Waals surface area contributed by atoms with Crippen LogP contribution in [0.25, 0.3) is 0 Å². The van der Waals surface area contributed by atoms with E-state index in [9.17, 15) is 4.89 Å². The molecular formula is C4H13O3P. The van der Waals surface area contributed by atoms with E-state index in [4.69, 9.17) is 5.26 Å². The average molecular weight is 140 g/mol. The quantitative estimate of drug-likeness (QED) is 0.343. The zero-order chi connectivity index (χ0) is 6.86. The molecule has 0 unspecified atom stereocenters. The van der Waals surface area contributed by atoms with E-state index in [2.05, 4.69) is 4.67 Å². The van der Waals surface area contributed by atoms with Gasteiger partial charge in [-0.2, -0.15) is 0 Å². The van der Waals surface area contributed by atoms with Crippen LogP contribution in [0.4, 0.5) is 0 Å². The monoisotopic (exact) mass is 140 g/mol. The molecule has 0 saturated carbocycles. The predicted molar refractivity (Wildman–Crippen MR) is 35.2 cm³/mol. The van der Waals surface area contributed by atoms with Crippen LogP contribution < -0.4 is 0 Å². The first-order valence-electron chi connectivity index (χ1n) is 2.48. The third kappa shape index (κ3) is 2.58. The van der Waals surface area contributed by atoms with E-state index in [-0.39, 0.29) is 0 Å². The van der Waals surface area contributed by atoms with E-state index in [0.717, 1.165) is 0 Å². The van der Waals surface area contributed by atoms with Gasteiger partial charge in [-0.1, -0.05) is 0 Å². The van der Waals surface area contributed by atoms with Crippen LogP contribution in [-0.2, 0) is 4.67 Å². The zero-order valence-electron chi connectivity index (χ0n) is 5.46. The van der Waals surface area contributed by atoms with Gasteiger partial charge < -0.3 is 0 Å². The SMILES string of the molecule is CCP(C)(C)(O)OO. The Bertz CT molecular complexity index is 75.0. The first-order valence-corrected chi connectivity index (χ1v) is 5.67. The molecule has 0 rings (SSSR count). The summed E-state index contributed by atoms with van der Waals surface area (Å²) < 4.78 is 3.96. The fourth-order valence-corrected chi connectivity index (χ4v) is 0.173. The molecule has 4 heteroatoms. The molecule has 0 radical (unpaired) electrons. The van der Waals surface area contributed by atoms with Crippen molar-refractivity contribution in [3.05, 3.63) is 0 Å². The maximum atomic E-state index is 9.26. The van der Waals surface area contributed by atoms with E-state index in [1.165, 1.54) is 13.3 Å². The number of hydrogen-bond acceptors (Lipinski definition) is 3. The number of hydrogen-bond donors (Lipinski definition) is 2. The topological polar surface area (TPSA) is 49.7 Å². The Labute approximate surface area is 49.3 Å².